The molecule has 0 radical (unpaired) electrons. The number of nitrogens with one attached hydrogen (secondary N) is 1. The molecule has 23 heavy (non-hydrogen) atoms. The van der Waals surface area contributed by atoms with Gasteiger partial charge in [-0.3, -0.25) is 14.6 Å². The van der Waals surface area contributed by atoms with Gasteiger partial charge in [0.1, 0.15) is 0 Å². The molecule has 0 spiro atoms. The molecule has 0 aromatic heterocycles. The SMILES string of the molecule is CCNC(=NCCCCC(=O)OC)N1CCN(C(C)=O)CC1.I. The molecule has 1 heterocycles. The van der Waals surface area contributed by atoms with Gasteiger partial charge in [-0.25, -0.2) is 0 Å². The van der Waals surface area contributed by atoms with Gasteiger partial charge in [0.2, 0.25) is 5.91 Å². The van der Waals surface area contributed by atoms with Gasteiger partial charge in [-0.1, -0.05) is 0 Å². The van der Waals surface area contributed by atoms with Crippen molar-refractivity contribution in [2.24, 2.45) is 4.99 Å². The second-order valence-electron chi connectivity index (χ2n) is 5.26. The van der Waals surface area contributed by atoms with Gasteiger partial charge in [0.05, 0.1) is 7.11 Å². The van der Waals surface area contributed by atoms with E-state index in [2.05, 4.69) is 19.9 Å². The maximum atomic E-state index is 11.3. The average molecular weight is 440 g/mol. The molecule has 1 fully saturated rings. The van der Waals surface area contributed by atoms with Crippen molar-refractivity contribution in [2.45, 2.75) is 33.1 Å². The number of piperazine rings is 1. The molecule has 0 aliphatic carbocycles. The van der Waals surface area contributed by atoms with Crippen LogP contribution in [-0.2, 0) is 14.3 Å². The van der Waals surface area contributed by atoms with Crippen molar-refractivity contribution >= 4 is 41.8 Å². The first-order valence-electron chi connectivity index (χ1n) is 7.94. The molecule has 7 nitrogen and oxygen atoms in total. The summed E-state index contributed by atoms with van der Waals surface area (Å²) in [6, 6.07) is 0. The number of halogens is 1. The van der Waals surface area contributed by atoms with Gasteiger partial charge in [-0.15, -0.1) is 24.0 Å². The Morgan fingerprint density at radius 3 is 2.26 bits per heavy atom. The highest BCUT2D eigenvalue weighted by Gasteiger charge is 2.20. The van der Waals surface area contributed by atoms with Crippen LogP contribution >= 0.6 is 24.0 Å². The Bertz CT molecular complexity index is 396. The molecule has 0 unspecified atom stereocenters. The number of rotatable bonds is 6. The smallest absolute Gasteiger partial charge is 0.305 e. The van der Waals surface area contributed by atoms with Gasteiger partial charge in [-0.05, 0) is 19.8 Å². The number of guanidine groups is 1. The summed E-state index contributed by atoms with van der Waals surface area (Å²) in [5, 5.41) is 3.29. The Hall–Kier alpha value is -1.06. The van der Waals surface area contributed by atoms with E-state index in [-0.39, 0.29) is 35.9 Å². The summed E-state index contributed by atoms with van der Waals surface area (Å²) >= 11 is 0. The van der Waals surface area contributed by atoms with Crippen molar-refractivity contribution in [3.05, 3.63) is 0 Å². The number of methoxy groups -OCH3 is 1. The first kappa shape index (κ1) is 21.9. The van der Waals surface area contributed by atoms with E-state index in [1.165, 1.54) is 7.11 Å². The molecule has 1 saturated heterocycles. The van der Waals surface area contributed by atoms with Gasteiger partial charge in [0.15, 0.2) is 5.96 Å². The fourth-order valence-electron chi connectivity index (χ4n) is 2.33. The average Bonchev–Trinajstić information content (AvgIpc) is 2.53. The summed E-state index contributed by atoms with van der Waals surface area (Å²) in [7, 11) is 1.41. The maximum absolute atomic E-state index is 11.3. The fourth-order valence-corrected chi connectivity index (χ4v) is 2.33. The number of carbonyl (C=O) groups excluding carboxylic acids is 2. The molecule has 8 heteroatoms. The van der Waals surface area contributed by atoms with E-state index in [0.29, 0.717) is 13.0 Å². The van der Waals surface area contributed by atoms with Crippen molar-refractivity contribution in [1.29, 1.82) is 0 Å². The third kappa shape index (κ3) is 8.38. The number of carbonyl (C=O) groups is 2. The largest absolute Gasteiger partial charge is 0.469 e. The van der Waals surface area contributed by atoms with E-state index in [0.717, 1.165) is 51.5 Å². The van der Waals surface area contributed by atoms with Crippen LogP contribution in [0, 0.1) is 0 Å². The van der Waals surface area contributed by atoms with E-state index < -0.39 is 0 Å². The summed E-state index contributed by atoms with van der Waals surface area (Å²) in [4.78, 5) is 31.0. The lowest BCUT2D eigenvalue weighted by Gasteiger charge is -2.36. The first-order chi connectivity index (χ1) is 10.6. The van der Waals surface area contributed by atoms with Crippen molar-refractivity contribution < 1.29 is 14.3 Å². The van der Waals surface area contributed by atoms with Gasteiger partial charge >= 0.3 is 5.97 Å². The normalized spacial score (nSPS) is 15.0. The summed E-state index contributed by atoms with van der Waals surface area (Å²) in [5.74, 6) is 0.851. The zero-order valence-corrected chi connectivity index (χ0v) is 16.7. The lowest BCUT2D eigenvalue weighted by molar-refractivity contribution is -0.140. The second kappa shape index (κ2) is 12.4. The monoisotopic (exact) mass is 440 g/mol. The minimum atomic E-state index is -0.170. The molecule has 1 aliphatic heterocycles. The highest BCUT2D eigenvalue weighted by Crippen LogP contribution is 2.04. The number of unbranched alkanes of at least 4 members (excludes halogenated alkanes) is 1. The number of nitrogens with zero attached hydrogens (tertiary/aromatic N) is 3. The van der Waals surface area contributed by atoms with Gasteiger partial charge in [-0.2, -0.15) is 0 Å². The molecular weight excluding hydrogens is 411 g/mol. The van der Waals surface area contributed by atoms with E-state index in [1.54, 1.807) is 6.92 Å². The molecule has 0 bridgehead atoms. The Morgan fingerprint density at radius 2 is 1.74 bits per heavy atom. The lowest BCUT2D eigenvalue weighted by Crippen LogP contribution is -2.53. The molecule has 134 valence electrons. The number of aliphatic imine (C=N–C) groups is 1. The summed E-state index contributed by atoms with van der Waals surface area (Å²) in [6.45, 7) is 8.22. The van der Waals surface area contributed by atoms with E-state index in [4.69, 9.17) is 0 Å². The van der Waals surface area contributed by atoms with Crippen LogP contribution in [0.1, 0.15) is 33.1 Å². The summed E-state index contributed by atoms with van der Waals surface area (Å²) in [6.07, 6.45) is 2.09. The number of amides is 1. The van der Waals surface area contributed by atoms with E-state index in [9.17, 15) is 9.59 Å². The first-order valence-corrected chi connectivity index (χ1v) is 7.94. The number of esters is 1. The molecule has 0 saturated carbocycles. The third-order valence-corrected chi connectivity index (χ3v) is 3.64. The Kier molecular flexibility index (Phi) is 11.8. The van der Waals surface area contributed by atoms with Gasteiger partial charge in [0.25, 0.3) is 0 Å². The molecule has 1 aliphatic rings. The van der Waals surface area contributed by atoms with Crippen LogP contribution in [0.2, 0.25) is 0 Å². The fraction of sp³-hybridized carbons (Fsp3) is 0.800. The zero-order chi connectivity index (χ0) is 16.4. The van der Waals surface area contributed by atoms with Crippen LogP contribution in [-0.4, -0.2) is 74.0 Å². The minimum Gasteiger partial charge on any atom is -0.469 e. The third-order valence-electron chi connectivity index (χ3n) is 3.64. The Labute approximate surface area is 155 Å². The Morgan fingerprint density at radius 1 is 1.13 bits per heavy atom. The van der Waals surface area contributed by atoms with Crippen LogP contribution in [0.25, 0.3) is 0 Å². The summed E-state index contributed by atoms with van der Waals surface area (Å²) in [5.41, 5.74) is 0. The van der Waals surface area contributed by atoms with Crippen LogP contribution < -0.4 is 5.32 Å². The van der Waals surface area contributed by atoms with Crippen LogP contribution in [0.3, 0.4) is 0 Å². The zero-order valence-electron chi connectivity index (χ0n) is 14.3. The molecule has 1 N–H and O–H groups in total. The minimum absolute atomic E-state index is 0. The Balaban J connectivity index is 0.00000484. The van der Waals surface area contributed by atoms with Crippen LogP contribution in [0.15, 0.2) is 4.99 Å². The molecular formula is C15H29IN4O3. The molecule has 0 aromatic rings. The highest BCUT2D eigenvalue weighted by atomic mass is 127. The predicted molar refractivity (Wildman–Crippen MR) is 101 cm³/mol. The van der Waals surface area contributed by atoms with Crippen LogP contribution in [0.4, 0.5) is 0 Å². The molecule has 0 atom stereocenters. The number of hydrogen-bond donors (Lipinski definition) is 1. The predicted octanol–water partition coefficient (Wildman–Crippen LogP) is 1.08. The van der Waals surface area contributed by atoms with Gasteiger partial charge in [0, 0.05) is 52.6 Å². The van der Waals surface area contributed by atoms with Crippen molar-refractivity contribution in [2.75, 3.05) is 46.4 Å². The van der Waals surface area contributed by atoms with E-state index in [1.807, 2.05) is 11.8 Å². The maximum Gasteiger partial charge on any atom is 0.305 e. The number of hydrogen-bond acceptors (Lipinski definition) is 4. The van der Waals surface area contributed by atoms with Crippen molar-refractivity contribution in [3.8, 4) is 0 Å². The van der Waals surface area contributed by atoms with Crippen LogP contribution in [0.5, 0.6) is 0 Å². The van der Waals surface area contributed by atoms with E-state index >= 15 is 0 Å². The van der Waals surface area contributed by atoms with Gasteiger partial charge < -0.3 is 19.9 Å². The van der Waals surface area contributed by atoms with Crippen molar-refractivity contribution in [1.82, 2.24) is 15.1 Å². The number of ether oxygens (including phenoxy) is 1. The highest BCUT2D eigenvalue weighted by molar-refractivity contribution is 14.0. The second-order valence-corrected chi connectivity index (χ2v) is 5.26. The van der Waals surface area contributed by atoms with Crippen molar-refractivity contribution in [3.63, 3.8) is 0 Å². The summed E-state index contributed by atoms with van der Waals surface area (Å²) < 4.78 is 4.61. The standard InChI is InChI=1S/C15H28N4O3.HI/c1-4-16-15(17-8-6-5-7-14(21)22-3)19-11-9-18(10-12-19)13(2)20;/h4-12H2,1-3H3,(H,16,17);1H. The lowest BCUT2D eigenvalue weighted by atomic mass is 10.2. The quantitative estimate of drug-likeness (QED) is 0.220. The molecule has 0 aromatic carbocycles. The molecule has 1 rings (SSSR count). The molecule has 1 amide bonds. The topological polar surface area (TPSA) is 74.2 Å².